The zero-order valence-corrected chi connectivity index (χ0v) is 12.9. The fourth-order valence-corrected chi connectivity index (χ4v) is 4.25. The first-order valence-electron chi connectivity index (χ1n) is 8.39. The molecule has 1 aromatic rings. The Hall–Kier alpha value is -1.68. The van der Waals surface area contributed by atoms with Gasteiger partial charge < -0.3 is 4.90 Å². The molecule has 2 heterocycles. The monoisotopic (exact) mass is 297 g/mol. The summed E-state index contributed by atoms with van der Waals surface area (Å²) in [5.41, 5.74) is 0.752. The highest BCUT2D eigenvalue weighted by Crippen LogP contribution is 2.43. The molecule has 1 aliphatic heterocycles. The van der Waals surface area contributed by atoms with Gasteiger partial charge in [0.2, 0.25) is 0 Å². The van der Waals surface area contributed by atoms with Crippen LogP contribution in [0.5, 0.6) is 0 Å². The van der Waals surface area contributed by atoms with E-state index >= 15 is 0 Å². The third-order valence-corrected chi connectivity index (χ3v) is 5.50. The Morgan fingerprint density at radius 1 is 1.09 bits per heavy atom. The molecule has 2 bridgehead atoms. The van der Waals surface area contributed by atoms with Crippen LogP contribution in [0, 0.1) is 17.8 Å². The lowest BCUT2D eigenvalue weighted by atomic mass is 9.93. The molecular weight excluding hydrogens is 274 g/mol. The molecule has 3 atom stereocenters. The number of amides is 1. The molecule has 0 aromatic carbocycles. The number of aromatic nitrogens is 1. The first-order chi connectivity index (χ1) is 10.8. The van der Waals surface area contributed by atoms with Gasteiger partial charge in [0.05, 0.1) is 0 Å². The molecule has 4 heteroatoms. The molecule has 116 valence electrons. The quantitative estimate of drug-likeness (QED) is 0.801. The Balaban J connectivity index is 1.29. The summed E-state index contributed by atoms with van der Waals surface area (Å²) >= 11 is 0. The van der Waals surface area contributed by atoms with Crippen molar-refractivity contribution in [2.75, 3.05) is 32.7 Å². The lowest BCUT2D eigenvalue weighted by Crippen LogP contribution is -2.50. The number of rotatable bonds is 3. The Kier molecular flexibility index (Phi) is 3.70. The predicted octanol–water partition coefficient (Wildman–Crippen LogP) is 2.05. The van der Waals surface area contributed by atoms with Gasteiger partial charge in [-0.1, -0.05) is 12.2 Å². The van der Waals surface area contributed by atoms with Gasteiger partial charge in [0.25, 0.3) is 5.91 Å². The number of nitrogens with zero attached hydrogens (tertiary/aromatic N) is 3. The van der Waals surface area contributed by atoms with Crippen molar-refractivity contribution in [3.8, 4) is 0 Å². The van der Waals surface area contributed by atoms with Gasteiger partial charge in [0, 0.05) is 50.7 Å². The summed E-state index contributed by atoms with van der Waals surface area (Å²) in [6.07, 6.45) is 11.0. The summed E-state index contributed by atoms with van der Waals surface area (Å²) < 4.78 is 0. The van der Waals surface area contributed by atoms with Gasteiger partial charge in [-0.3, -0.25) is 14.7 Å². The lowest BCUT2D eigenvalue weighted by Gasteiger charge is -2.37. The average molecular weight is 297 g/mol. The lowest BCUT2D eigenvalue weighted by molar-refractivity contribution is 0.0610. The molecule has 3 aliphatic rings. The van der Waals surface area contributed by atoms with Crippen LogP contribution >= 0.6 is 0 Å². The van der Waals surface area contributed by atoms with Crippen LogP contribution in [-0.4, -0.2) is 53.4 Å². The molecule has 1 amide bonds. The maximum Gasteiger partial charge on any atom is 0.254 e. The van der Waals surface area contributed by atoms with Crippen molar-refractivity contribution in [3.63, 3.8) is 0 Å². The minimum absolute atomic E-state index is 0.143. The number of piperazine rings is 1. The fourth-order valence-electron chi connectivity index (χ4n) is 4.25. The fraction of sp³-hybridized carbons (Fsp3) is 0.556. The highest BCUT2D eigenvalue weighted by molar-refractivity contribution is 5.94. The molecule has 2 aliphatic carbocycles. The number of pyridine rings is 1. The van der Waals surface area contributed by atoms with Crippen molar-refractivity contribution in [1.82, 2.24) is 14.8 Å². The number of carbonyl (C=O) groups is 1. The zero-order chi connectivity index (χ0) is 14.9. The maximum atomic E-state index is 12.4. The second-order valence-electron chi connectivity index (χ2n) is 6.87. The molecular formula is C18H23N3O. The van der Waals surface area contributed by atoms with Crippen LogP contribution in [0.1, 0.15) is 23.2 Å². The van der Waals surface area contributed by atoms with Crippen molar-refractivity contribution in [1.29, 1.82) is 0 Å². The third-order valence-electron chi connectivity index (χ3n) is 5.50. The van der Waals surface area contributed by atoms with E-state index in [1.54, 1.807) is 24.5 Å². The van der Waals surface area contributed by atoms with Gasteiger partial charge in [0.15, 0.2) is 0 Å². The van der Waals surface area contributed by atoms with E-state index in [0.717, 1.165) is 49.5 Å². The molecule has 4 rings (SSSR count). The summed E-state index contributed by atoms with van der Waals surface area (Å²) in [5.74, 6) is 2.66. The molecule has 1 saturated heterocycles. The van der Waals surface area contributed by atoms with Crippen LogP contribution in [-0.2, 0) is 0 Å². The van der Waals surface area contributed by atoms with Gasteiger partial charge in [-0.05, 0) is 42.7 Å². The highest BCUT2D eigenvalue weighted by Gasteiger charge is 2.36. The Morgan fingerprint density at radius 3 is 2.50 bits per heavy atom. The van der Waals surface area contributed by atoms with Crippen LogP contribution < -0.4 is 0 Å². The Morgan fingerprint density at radius 2 is 1.86 bits per heavy atom. The van der Waals surface area contributed by atoms with Crippen molar-refractivity contribution in [3.05, 3.63) is 42.2 Å². The first kappa shape index (κ1) is 13.9. The minimum atomic E-state index is 0.143. The van der Waals surface area contributed by atoms with Crippen molar-refractivity contribution in [2.24, 2.45) is 17.8 Å². The number of allylic oxidation sites excluding steroid dienone is 2. The van der Waals surface area contributed by atoms with E-state index in [4.69, 9.17) is 0 Å². The van der Waals surface area contributed by atoms with E-state index in [1.165, 1.54) is 19.4 Å². The molecule has 1 aromatic heterocycles. The molecule has 0 radical (unpaired) electrons. The summed E-state index contributed by atoms with van der Waals surface area (Å²) in [5, 5.41) is 0. The van der Waals surface area contributed by atoms with Gasteiger partial charge in [-0.15, -0.1) is 0 Å². The second kappa shape index (κ2) is 5.84. The molecule has 1 saturated carbocycles. The number of carbonyl (C=O) groups excluding carboxylic acids is 1. The normalized spacial score (nSPS) is 30.9. The van der Waals surface area contributed by atoms with Crippen molar-refractivity contribution in [2.45, 2.75) is 12.8 Å². The van der Waals surface area contributed by atoms with E-state index in [2.05, 4.69) is 22.0 Å². The number of hydrogen-bond acceptors (Lipinski definition) is 3. The average Bonchev–Trinajstić information content (AvgIpc) is 3.19. The summed E-state index contributed by atoms with van der Waals surface area (Å²) in [6, 6.07) is 3.60. The van der Waals surface area contributed by atoms with Crippen LogP contribution in [0.25, 0.3) is 0 Å². The van der Waals surface area contributed by atoms with E-state index in [1.807, 2.05) is 4.90 Å². The van der Waals surface area contributed by atoms with Crippen molar-refractivity contribution < 1.29 is 4.79 Å². The van der Waals surface area contributed by atoms with Crippen LogP contribution in [0.2, 0.25) is 0 Å². The van der Waals surface area contributed by atoms with E-state index < -0.39 is 0 Å². The smallest absolute Gasteiger partial charge is 0.254 e. The van der Waals surface area contributed by atoms with E-state index in [-0.39, 0.29) is 5.91 Å². The van der Waals surface area contributed by atoms with Crippen LogP contribution in [0.3, 0.4) is 0 Å². The first-order valence-corrected chi connectivity index (χ1v) is 8.39. The molecule has 4 nitrogen and oxygen atoms in total. The maximum absolute atomic E-state index is 12.4. The SMILES string of the molecule is O=C(c1ccncc1)N1CCN(C[C@@H]2C[C@H]3C=C[C@H]2C3)CC1. The second-order valence-corrected chi connectivity index (χ2v) is 6.87. The largest absolute Gasteiger partial charge is 0.336 e. The van der Waals surface area contributed by atoms with E-state index in [0.29, 0.717) is 0 Å². The molecule has 0 unspecified atom stereocenters. The highest BCUT2D eigenvalue weighted by atomic mass is 16.2. The van der Waals surface area contributed by atoms with Crippen molar-refractivity contribution >= 4 is 5.91 Å². The van der Waals surface area contributed by atoms with Crippen LogP contribution in [0.4, 0.5) is 0 Å². The van der Waals surface area contributed by atoms with Crippen LogP contribution in [0.15, 0.2) is 36.7 Å². The minimum Gasteiger partial charge on any atom is -0.336 e. The van der Waals surface area contributed by atoms with Gasteiger partial charge in [0.1, 0.15) is 0 Å². The predicted molar refractivity (Wildman–Crippen MR) is 85.4 cm³/mol. The summed E-state index contributed by atoms with van der Waals surface area (Å²) in [6.45, 7) is 4.92. The number of fused-ring (bicyclic) bond motifs is 2. The summed E-state index contributed by atoms with van der Waals surface area (Å²) in [7, 11) is 0. The van der Waals surface area contributed by atoms with Gasteiger partial charge in [-0.2, -0.15) is 0 Å². The van der Waals surface area contributed by atoms with Gasteiger partial charge in [-0.25, -0.2) is 0 Å². The molecule has 0 N–H and O–H groups in total. The Bertz CT molecular complexity index is 563. The molecule has 22 heavy (non-hydrogen) atoms. The molecule has 0 spiro atoms. The standard InChI is InChI=1S/C18H23N3O/c22-18(15-3-5-19-6-4-15)21-9-7-20(8-10-21)13-17-12-14-1-2-16(17)11-14/h1-6,14,16-17H,7-13H2/t14-,16-,17-/m0/s1. The third kappa shape index (κ3) is 2.68. The number of hydrogen-bond donors (Lipinski definition) is 0. The van der Waals surface area contributed by atoms with E-state index in [9.17, 15) is 4.79 Å². The topological polar surface area (TPSA) is 36.4 Å². The Labute approximate surface area is 131 Å². The summed E-state index contributed by atoms with van der Waals surface area (Å²) in [4.78, 5) is 20.9. The van der Waals surface area contributed by atoms with Gasteiger partial charge >= 0.3 is 0 Å². The zero-order valence-electron chi connectivity index (χ0n) is 12.9. The molecule has 2 fully saturated rings.